The lowest BCUT2D eigenvalue weighted by molar-refractivity contribution is 0.275. The summed E-state index contributed by atoms with van der Waals surface area (Å²) in [6.45, 7) is 0.0201. The lowest BCUT2D eigenvalue weighted by Gasteiger charge is -2.01. The highest BCUT2D eigenvalue weighted by molar-refractivity contribution is 9.10. The minimum atomic E-state index is 0.0201. The molecule has 0 bridgehead atoms. The Kier molecular flexibility index (Phi) is 1.86. The van der Waals surface area contributed by atoms with Crippen molar-refractivity contribution in [3.63, 3.8) is 0 Å². The van der Waals surface area contributed by atoms with Crippen LogP contribution in [0.15, 0.2) is 29.0 Å². The first-order valence-electron chi connectivity index (χ1n) is 3.54. The maximum absolute atomic E-state index is 9.01. The number of pyridine rings is 1. The molecule has 0 spiro atoms. The maximum atomic E-state index is 9.01. The highest BCUT2D eigenvalue weighted by atomic mass is 79.9. The van der Waals surface area contributed by atoms with Gasteiger partial charge in [-0.2, -0.15) is 0 Å². The zero-order valence-corrected chi connectivity index (χ0v) is 7.82. The summed E-state index contributed by atoms with van der Waals surface area (Å²) in [5.74, 6) is 0. The van der Waals surface area contributed by atoms with Gasteiger partial charge in [-0.05, 0) is 28.1 Å². The molecule has 0 saturated carbocycles. The molecule has 2 aromatic rings. The quantitative estimate of drug-likeness (QED) is 0.803. The van der Waals surface area contributed by atoms with E-state index in [-0.39, 0.29) is 6.61 Å². The van der Waals surface area contributed by atoms with Crippen LogP contribution in [-0.4, -0.2) is 14.5 Å². The predicted octanol–water partition coefficient (Wildman–Crippen LogP) is 1.59. The van der Waals surface area contributed by atoms with Crippen molar-refractivity contribution in [2.24, 2.45) is 0 Å². The van der Waals surface area contributed by atoms with Crippen LogP contribution < -0.4 is 0 Å². The summed E-state index contributed by atoms with van der Waals surface area (Å²) < 4.78 is 2.72. The van der Waals surface area contributed by atoms with Crippen molar-refractivity contribution in [1.29, 1.82) is 0 Å². The first kappa shape index (κ1) is 7.76. The van der Waals surface area contributed by atoms with Crippen molar-refractivity contribution < 1.29 is 5.11 Å². The molecule has 2 rings (SSSR count). The molecule has 62 valence electrons. The minimum Gasteiger partial charge on any atom is -0.390 e. The number of imidazole rings is 1. The Morgan fingerprint density at radius 3 is 3.08 bits per heavy atom. The van der Waals surface area contributed by atoms with Crippen LogP contribution in [0.5, 0.6) is 0 Å². The molecule has 0 aromatic carbocycles. The van der Waals surface area contributed by atoms with Crippen molar-refractivity contribution in [2.75, 3.05) is 0 Å². The molecule has 0 aliphatic heterocycles. The van der Waals surface area contributed by atoms with Gasteiger partial charge in [0, 0.05) is 0 Å². The second-order valence-electron chi connectivity index (χ2n) is 2.45. The molecule has 0 fully saturated rings. The van der Waals surface area contributed by atoms with E-state index in [1.54, 1.807) is 6.20 Å². The molecule has 0 atom stereocenters. The monoisotopic (exact) mass is 226 g/mol. The summed E-state index contributed by atoms with van der Waals surface area (Å²) in [6, 6.07) is 5.63. The third-order valence-electron chi connectivity index (χ3n) is 1.73. The van der Waals surface area contributed by atoms with Gasteiger partial charge in [-0.1, -0.05) is 6.07 Å². The van der Waals surface area contributed by atoms with E-state index in [0.717, 1.165) is 15.9 Å². The topological polar surface area (TPSA) is 37.5 Å². The highest BCUT2D eigenvalue weighted by Crippen LogP contribution is 2.15. The number of halogens is 1. The number of hydrogen-bond acceptors (Lipinski definition) is 2. The van der Waals surface area contributed by atoms with Crippen molar-refractivity contribution in [3.8, 4) is 0 Å². The molecular weight excluding hydrogens is 220 g/mol. The number of rotatable bonds is 1. The molecule has 0 radical (unpaired) electrons. The largest absolute Gasteiger partial charge is 0.390 e. The van der Waals surface area contributed by atoms with Gasteiger partial charge in [-0.3, -0.25) is 4.40 Å². The van der Waals surface area contributed by atoms with Crippen LogP contribution in [0, 0.1) is 0 Å². The molecule has 0 unspecified atom stereocenters. The van der Waals surface area contributed by atoms with Gasteiger partial charge in [0.15, 0.2) is 0 Å². The predicted molar refractivity (Wildman–Crippen MR) is 48.8 cm³/mol. The summed E-state index contributed by atoms with van der Waals surface area (Å²) in [5, 5.41) is 9.01. The average Bonchev–Trinajstić information content (AvgIpc) is 2.48. The second kappa shape index (κ2) is 2.88. The number of fused-ring (bicyclic) bond motifs is 1. The molecule has 2 heterocycles. The summed E-state index contributed by atoms with van der Waals surface area (Å²) in [5.41, 5.74) is 1.67. The van der Waals surface area contributed by atoms with Gasteiger partial charge in [-0.15, -0.1) is 0 Å². The van der Waals surface area contributed by atoms with Crippen molar-refractivity contribution in [2.45, 2.75) is 6.61 Å². The van der Waals surface area contributed by atoms with Crippen LogP contribution in [0.3, 0.4) is 0 Å². The fourth-order valence-electron chi connectivity index (χ4n) is 1.19. The van der Waals surface area contributed by atoms with Crippen LogP contribution in [0.2, 0.25) is 0 Å². The van der Waals surface area contributed by atoms with Crippen molar-refractivity contribution in [1.82, 2.24) is 9.38 Å². The van der Waals surface area contributed by atoms with Gasteiger partial charge < -0.3 is 5.11 Å². The highest BCUT2D eigenvalue weighted by Gasteiger charge is 2.02. The molecule has 0 amide bonds. The zero-order valence-electron chi connectivity index (χ0n) is 6.24. The summed E-state index contributed by atoms with van der Waals surface area (Å²) in [7, 11) is 0. The fraction of sp³-hybridized carbons (Fsp3) is 0.125. The summed E-state index contributed by atoms with van der Waals surface area (Å²) in [6.07, 6.45) is 1.72. The smallest absolute Gasteiger partial charge is 0.137 e. The Labute approximate surface area is 77.8 Å². The lowest BCUT2D eigenvalue weighted by Crippen LogP contribution is -1.95. The zero-order chi connectivity index (χ0) is 8.55. The molecular formula is C8H7BrN2O. The van der Waals surface area contributed by atoms with E-state index in [1.165, 1.54) is 0 Å². The van der Waals surface area contributed by atoms with Gasteiger partial charge in [-0.25, -0.2) is 4.98 Å². The van der Waals surface area contributed by atoms with E-state index in [4.69, 9.17) is 5.11 Å². The molecule has 4 heteroatoms. The Balaban J connectivity index is 2.84. The average molecular weight is 227 g/mol. The third-order valence-corrected chi connectivity index (χ3v) is 2.29. The van der Waals surface area contributed by atoms with Crippen molar-refractivity contribution >= 4 is 21.6 Å². The van der Waals surface area contributed by atoms with Gasteiger partial charge in [0.25, 0.3) is 0 Å². The number of nitrogens with zero attached hydrogens (tertiary/aromatic N) is 2. The van der Waals surface area contributed by atoms with Gasteiger partial charge in [0.2, 0.25) is 0 Å². The van der Waals surface area contributed by atoms with Gasteiger partial charge in [0.05, 0.1) is 18.5 Å². The molecule has 2 aromatic heterocycles. The molecule has 3 nitrogen and oxygen atoms in total. The first-order valence-corrected chi connectivity index (χ1v) is 4.34. The number of aromatic nitrogens is 2. The molecule has 0 aliphatic rings. The van der Waals surface area contributed by atoms with Crippen LogP contribution in [0.1, 0.15) is 5.69 Å². The SMILES string of the molecule is OCc1cccc2ncc(Br)n12. The van der Waals surface area contributed by atoms with Crippen LogP contribution in [0.4, 0.5) is 0 Å². The first-order chi connectivity index (χ1) is 5.83. The summed E-state index contributed by atoms with van der Waals surface area (Å²) >= 11 is 3.35. The maximum Gasteiger partial charge on any atom is 0.137 e. The Bertz CT molecular complexity index is 410. The lowest BCUT2D eigenvalue weighted by atomic mass is 10.3. The normalized spacial score (nSPS) is 10.8. The molecule has 0 saturated heterocycles. The standard InChI is InChI=1S/C8H7BrN2O/c9-7-4-10-8-3-1-2-6(5-12)11(7)8/h1-4,12H,5H2. The van der Waals surface area contributed by atoms with Crippen LogP contribution in [-0.2, 0) is 6.61 Å². The summed E-state index contributed by atoms with van der Waals surface area (Å²) in [4.78, 5) is 4.13. The van der Waals surface area contributed by atoms with E-state index >= 15 is 0 Å². The second-order valence-corrected chi connectivity index (χ2v) is 3.26. The van der Waals surface area contributed by atoms with E-state index in [2.05, 4.69) is 20.9 Å². The van der Waals surface area contributed by atoms with E-state index in [1.807, 2.05) is 22.6 Å². The Morgan fingerprint density at radius 2 is 2.33 bits per heavy atom. The van der Waals surface area contributed by atoms with Crippen LogP contribution in [0.25, 0.3) is 5.65 Å². The fourth-order valence-corrected chi connectivity index (χ4v) is 1.70. The third kappa shape index (κ3) is 1.04. The Morgan fingerprint density at radius 1 is 1.50 bits per heavy atom. The van der Waals surface area contributed by atoms with E-state index in [9.17, 15) is 0 Å². The van der Waals surface area contributed by atoms with Crippen LogP contribution >= 0.6 is 15.9 Å². The number of aliphatic hydroxyl groups excluding tert-OH is 1. The minimum absolute atomic E-state index is 0.0201. The van der Waals surface area contributed by atoms with Gasteiger partial charge in [0.1, 0.15) is 10.3 Å². The van der Waals surface area contributed by atoms with E-state index < -0.39 is 0 Å². The molecule has 1 N–H and O–H groups in total. The van der Waals surface area contributed by atoms with Gasteiger partial charge >= 0.3 is 0 Å². The van der Waals surface area contributed by atoms with E-state index in [0.29, 0.717) is 0 Å². The molecule has 0 aliphatic carbocycles. The Hall–Kier alpha value is -0.870. The van der Waals surface area contributed by atoms with Crippen molar-refractivity contribution in [3.05, 3.63) is 34.7 Å². The molecule has 12 heavy (non-hydrogen) atoms. The number of aliphatic hydroxyl groups is 1. The number of hydrogen-bond donors (Lipinski definition) is 1.